The molecular formula is C23H22N6O2. The van der Waals surface area contributed by atoms with Crippen LogP contribution in [0.1, 0.15) is 11.1 Å². The van der Waals surface area contributed by atoms with Crippen molar-refractivity contribution in [1.82, 2.24) is 15.0 Å². The fourth-order valence-electron chi connectivity index (χ4n) is 3.26. The average molecular weight is 414 g/mol. The number of hydrogen-bond acceptors (Lipinski definition) is 7. The van der Waals surface area contributed by atoms with Gasteiger partial charge in [-0.1, -0.05) is 12.1 Å². The van der Waals surface area contributed by atoms with Crippen LogP contribution in [-0.2, 0) is 6.61 Å². The molecule has 0 saturated heterocycles. The van der Waals surface area contributed by atoms with Crippen LogP contribution in [0.2, 0.25) is 0 Å². The molecule has 2 aromatic heterocycles. The van der Waals surface area contributed by atoms with Crippen molar-refractivity contribution >= 4 is 34.2 Å². The predicted octanol–water partition coefficient (Wildman–Crippen LogP) is 3.70. The first kappa shape index (κ1) is 20.1. The molecule has 8 nitrogen and oxygen atoms in total. The summed E-state index contributed by atoms with van der Waals surface area (Å²) in [4.78, 5) is 25.1. The summed E-state index contributed by atoms with van der Waals surface area (Å²) in [6.45, 7) is 0.271. The summed E-state index contributed by atoms with van der Waals surface area (Å²) in [6, 6.07) is 15.6. The highest BCUT2D eigenvalue weighted by atomic mass is 16.5. The summed E-state index contributed by atoms with van der Waals surface area (Å²) in [6.07, 6.45) is 4.43. The zero-order valence-corrected chi connectivity index (χ0v) is 17.2. The number of H-pyrrole nitrogens is 1. The Kier molecular flexibility index (Phi) is 5.61. The Balaban J connectivity index is 1.47. The molecule has 2 aromatic carbocycles. The van der Waals surface area contributed by atoms with E-state index in [2.05, 4.69) is 20.3 Å². The number of nitrogens with one attached hydrogen (secondary N) is 3. The van der Waals surface area contributed by atoms with Crippen molar-refractivity contribution in [3.8, 4) is 6.01 Å². The first-order valence-corrected chi connectivity index (χ1v) is 9.71. The van der Waals surface area contributed by atoms with Crippen LogP contribution in [0.25, 0.3) is 10.9 Å². The van der Waals surface area contributed by atoms with Crippen molar-refractivity contribution in [3.63, 3.8) is 0 Å². The van der Waals surface area contributed by atoms with Crippen molar-refractivity contribution < 1.29 is 4.74 Å². The molecular weight excluding hydrogens is 392 g/mol. The topological polar surface area (TPSA) is 107 Å². The minimum absolute atomic E-state index is 0.162. The lowest BCUT2D eigenvalue weighted by Gasteiger charge is -2.21. The van der Waals surface area contributed by atoms with Crippen molar-refractivity contribution in [2.45, 2.75) is 6.61 Å². The number of benzene rings is 2. The van der Waals surface area contributed by atoms with E-state index in [1.807, 2.05) is 61.5 Å². The molecule has 156 valence electrons. The highest BCUT2D eigenvalue weighted by molar-refractivity contribution is 5.88. The summed E-state index contributed by atoms with van der Waals surface area (Å²) in [7, 11) is 3.82. The van der Waals surface area contributed by atoms with E-state index in [4.69, 9.17) is 10.1 Å². The van der Waals surface area contributed by atoms with E-state index >= 15 is 0 Å². The second-order valence-electron chi connectivity index (χ2n) is 6.94. The SMILES string of the molecule is CNc1ccc(N(C)c2ccc(COc3nc4cnccc4c(=O)[nH]3)cc2)cc1C=N. The van der Waals surface area contributed by atoms with Crippen molar-refractivity contribution in [2.24, 2.45) is 0 Å². The number of rotatable bonds is 7. The molecule has 0 aliphatic heterocycles. The third-order valence-corrected chi connectivity index (χ3v) is 5.03. The number of hydrogen-bond donors (Lipinski definition) is 3. The van der Waals surface area contributed by atoms with Gasteiger partial charge in [0.1, 0.15) is 6.61 Å². The highest BCUT2D eigenvalue weighted by Crippen LogP contribution is 2.27. The monoisotopic (exact) mass is 414 g/mol. The predicted molar refractivity (Wildman–Crippen MR) is 123 cm³/mol. The summed E-state index contributed by atoms with van der Waals surface area (Å²) >= 11 is 0. The second-order valence-corrected chi connectivity index (χ2v) is 6.94. The minimum Gasteiger partial charge on any atom is -0.460 e. The van der Waals surface area contributed by atoms with E-state index in [1.54, 1.807) is 12.3 Å². The summed E-state index contributed by atoms with van der Waals surface area (Å²) < 4.78 is 5.68. The quantitative estimate of drug-likeness (QED) is 0.398. The molecule has 8 heteroatoms. The van der Waals surface area contributed by atoms with Crippen molar-refractivity contribution in [2.75, 3.05) is 24.3 Å². The number of pyridine rings is 1. The van der Waals surface area contributed by atoms with Gasteiger partial charge in [-0.25, -0.2) is 0 Å². The van der Waals surface area contributed by atoms with Crippen LogP contribution >= 0.6 is 0 Å². The van der Waals surface area contributed by atoms with Crippen molar-refractivity contribution in [1.29, 1.82) is 5.41 Å². The molecule has 4 rings (SSSR count). The molecule has 0 saturated carbocycles. The number of fused-ring (bicyclic) bond motifs is 1. The third kappa shape index (κ3) is 4.23. The Bertz CT molecular complexity index is 1280. The molecule has 0 amide bonds. The average Bonchev–Trinajstić information content (AvgIpc) is 2.82. The summed E-state index contributed by atoms with van der Waals surface area (Å²) in [5, 5.41) is 11.2. The van der Waals surface area contributed by atoms with E-state index in [0.29, 0.717) is 10.9 Å². The number of aromatic amines is 1. The maximum Gasteiger partial charge on any atom is 0.297 e. The van der Waals surface area contributed by atoms with E-state index < -0.39 is 0 Å². The standard InChI is InChI=1S/C23H22N6O2/c1-25-20-8-7-18(11-16(20)12-24)29(2)17-5-3-15(4-6-17)14-31-23-27-21-13-26-10-9-19(21)22(30)28-23/h3-13,24-25H,14H2,1-2H3,(H,27,28,30). The minimum atomic E-state index is -0.257. The molecule has 4 aromatic rings. The van der Waals surface area contributed by atoms with Gasteiger partial charge < -0.3 is 20.4 Å². The van der Waals surface area contributed by atoms with E-state index in [9.17, 15) is 4.79 Å². The van der Waals surface area contributed by atoms with Gasteiger partial charge in [0, 0.05) is 49.1 Å². The first-order chi connectivity index (χ1) is 15.1. The lowest BCUT2D eigenvalue weighted by molar-refractivity contribution is 0.281. The maximum atomic E-state index is 12.1. The normalized spacial score (nSPS) is 10.6. The molecule has 3 N–H and O–H groups in total. The fraction of sp³-hybridized carbons (Fsp3) is 0.130. The van der Waals surface area contributed by atoms with Gasteiger partial charge in [0.05, 0.1) is 17.1 Å². The third-order valence-electron chi connectivity index (χ3n) is 5.03. The summed E-state index contributed by atoms with van der Waals surface area (Å²) in [5.74, 6) is 0. The Morgan fingerprint density at radius 1 is 1.16 bits per heavy atom. The highest BCUT2D eigenvalue weighted by Gasteiger charge is 2.08. The molecule has 0 atom stereocenters. The van der Waals surface area contributed by atoms with Crippen LogP contribution in [0, 0.1) is 5.41 Å². The number of nitrogens with zero attached hydrogens (tertiary/aromatic N) is 3. The van der Waals surface area contributed by atoms with Crippen LogP contribution in [0.3, 0.4) is 0 Å². The van der Waals surface area contributed by atoms with E-state index in [1.165, 1.54) is 12.4 Å². The fourth-order valence-corrected chi connectivity index (χ4v) is 3.26. The Labute approximate surface area is 179 Å². The molecule has 0 aliphatic carbocycles. The molecule has 0 radical (unpaired) electrons. The van der Waals surface area contributed by atoms with Gasteiger partial charge in [-0.2, -0.15) is 4.98 Å². The van der Waals surface area contributed by atoms with Gasteiger partial charge in [-0.15, -0.1) is 0 Å². The van der Waals surface area contributed by atoms with E-state index in [-0.39, 0.29) is 18.2 Å². The van der Waals surface area contributed by atoms with Crippen LogP contribution in [0.5, 0.6) is 6.01 Å². The number of aromatic nitrogens is 3. The van der Waals surface area contributed by atoms with Gasteiger partial charge >= 0.3 is 0 Å². The van der Waals surface area contributed by atoms with Crippen LogP contribution in [-0.4, -0.2) is 35.3 Å². The second kappa shape index (κ2) is 8.66. The molecule has 2 heterocycles. The number of anilines is 3. The Hall–Kier alpha value is -4.20. The zero-order chi connectivity index (χ0) is 21.8. The molecule has 0 bridgehead atoms. The molecule has 0 aliphatic rings. The smallest absolute Gasteiger partial charge is 0.297 e. The van der Waals surface area contributed by atoms with Gasteiger partial charge in [0.25, 0.3) is 11.6 Å². The summed E-state index contributed by atoms with van der Waals surface area (Å²) in [5.41, 5.74) is 4.89. The molecule has 31 heavy (non-hydrogen) atoms. The molecule has 0 unspecified atom stereocenters. The van der Waals surface area contributed by atoms with E-state index in [0.717, 1.165) is 28.2 Å². The maximum absolute atomic E-state index is 12.1. The lowest BCUT2D eigenvalue weighted by atomic mass is 10.1. The van der Waals surface area contributed by atoms with Gasteiger partial charge in [0.2, 0.25) is 0 Å². The van der Waals surface area contributed by atoms with Gasteiger partial charge in [0.15, 0.2) is 0 Å². The van der Waals surface area contributed by atoms with Crippen LogP contribution < -0.4 is 20.5 Å². The Morgan fingerprint density at radius 3 is 2.68 bits per heavy atom. The first-order valence-electron chi connectivity index (χ1n) is 9.71. The Morgan fingerprint density at radius 2 is 1.94 bits per heavy atom. The molecule has 0 spiro atoms. The van der Waals surface area contributed by atoms with Crippen molar-refractivity contribution in [3.05, 3.63) is 82.4 Å². The lowest BCUT2D eigenvalue weighted by Crippen LogP contribution is -2.12. The largest absolute Gasteiger partial charge is 0.460 e. The van der Waals surface area contributed by atoms with Gasteiger partial charge in [-0.3, -0.25) is 14.8 Å². The molecule has 0 fully saturated rings. The van der Waals surface area contributed by atoms with Crippen LogP contribution in [0.15, 0.2) is 65.7 Å². The zero-order valence-electron chi connectivity index (χ0n) is 17.2. The van der Waals surface area contributed by atoms with Crippen LogP contribution in [0.4, 0.5) is 17.1 Å². The number of ether oxygens (including phenoxy) is 1. The van der Waals surface area contributed by atoms with Gasteiger partial charge in [-0.05, 0) is 42.0 Å².